The zero-order valence-electron chi connectivity index (χ0n) is 18.9. The lowest BCUT2D eigenvalue weighted by atomic mass is 10.0. The Kier molecular flexibility index (Phi) is 5.51. The maximum atomic E-state index is 6.06. The van der Waals surface area contributed by atoms with E-state index in [1.54, 1.807) is 19.5 Å². The number of nitrogens with two attached hydrogens (primary N) is 1. The van der Waals surface area contributed by atoms with Crippen molar-refractivity contribution in [1.82, 2.24) is 25.1 Å². The van der Waals surface area contributed by atoms with Crippen molar-refractivity contribution >= 4 is 22.8 Å². The Bertz CT molecular complexity index is 1320. The summed E-state index contributed by atoms with van der Waals surface area (Å²) in [6, 6.07) is 8.45. The number of fused-ring (bicyclic) bond motifs is 1. The summed E-state index contributed by atoms with van der Waals surface area (Å²) in [5.74, 6) is 1.43. The Labute approximate surface area is 192 Å². The average Bonchev–Trinajstić information content (AvgIpc) is 3.27. The summed E-state index contributed by atoms with van der Waals surface area (Å²) in [5, 5.41) is 8.64. The van der Waals surface area contributed by atoms with E-state index in [9.17, 15) is 0 Å². The smallest absolute Gasteiger partial charge is 0.221 e. The molecule has 0 saturated carbocycles. The fourth-order valence-corrected chi connectivity index (χ4v) is 4.30. The molecule has 1 saturated heterocycles. The summed E-state index contributed by atoms with van der Waals surface area (Å²) in [5.41, 5.74) is 12.2. The number of nitrogens with zero attached hydrogens (tertiary/aromatic N) is 5. The van der Waals surface area contributed by atoms with Crippen LogP contribution >= 0.6 is 0 Å². The number of hydrogen-bond acceptors (Lipinski definition) is 7. The molecular weight excluding hydrogens is 414 g/mol. The van der Waals surface area contributed by atoms with Crippen LogP contribution in [0.3, 0.4) is 0 Å². The minimum absolute atomic E-state index is 0.265. The lowest BCUT2D eigenvalue weighted by Gasteiger charge is -2.30. The molecule has 4 aromatic rings. The molecule has 0 atom stereocenters. The van der Waals surface area contributed by atoms with Gasteiger partial charge in [-0.2, -0.15) is 5.10 Å². The number of piperidine rings is 1. The van der Waals surface area contributed by atoms with Crippen LogP contribution in [-0.2, 0) is 0 Å². The number of aromatic amines is 1. The SMILES string of the molecule is C=Cc1cc(-c2ccc3[nH]nc(-c4cncc(N5CCC(N)CC5)n4)c3c2)c(OC)nc1C. The minimum atomic E-state index is 0.265. The van der Waals surface area contributed by atoms with Gasteiger partial charge in [0.2, 0.25) is 5.88 Å². The number of pyridine rings is 1. The van der Waals surface area contributed by atoms with Gasteiger partial charge in [-0.05, 0) is 49.1 Å². The molecule has 1 aliphatic rings. The van der Waals surface area contributed by atoms with Gasteiger partial charge >= 0.3 is 0 Å². The van der Waals surface area contributed by atoms with Crippen LogP contribution in [-0.4, -0.2) is 51.4 Å². The van der Waals surface area contributed by atoms with E-state index in [0.29, 0.717) is 5.88 Å². The lowest BCUT2D eigenvalue weighted by molar-refractivity contribution is 0.398. The number of anilines is 1. The van der Waals surface area contributed by atoms with Crippen molar-refractivity contribution in [2.45, 2.75) is 25.8 Å². The highest BCUT2D eigenvalue weighted by molar-refractivity contribution is 5.95. The molecule has 3 N–H and O–H groups in total. The van der Waals surface area contributed by atoms with Crippen molar-refractivity contribution in [2.75, 3.05) is 25.1 Å². The highest BCUT2D eigenvalue weighted by atomic mass is 16.5. The first-order valence-electron chi connectivity index (χ1n) is 11.1. The van der Waals surface area contributed by atoms with Crippen molar-refractivity contribution in [3.63, 3.8) is 0 Å². The number of rotatable bonds is 5. The quantitative estimate of drug-likeness (QED) is 0.483. The molecule has 1 aromatic carbocycles. The summed E-state index contributed by atoms with van der Waals surface area (Å²) >= 11 is 0. The standard InChI is InChI=1S/C25H27N7O/c1-4-16-11-19(25(33-3)28-15(16)2)17-5-6-21-20(12-17)24(31-30-21)22-13-27-14-23(29-22)32-9-7-18(26)8-10-32/h4-6,11-14,18H,1,7-10,26H2,2-3H3,(H,30,31). The highest BCUT2D eigenvalue weighted by Gasteiger charge is 2.19. The molecule has 0 spiro atoms. The van der Waals surface area contributed by atoms with Gasteiger partial charge < -0.3 is 15.4 Å². The molecule has 0 aliphatic carbocycles. The van der Waals surface area contributed by atoms with E-state index in [-0.39, 0.29) is 6.04 Å². The van der Waals surface area contributed by atoms with Gasteiger partial charge in [0, 0.05) is 35.8 Å². The number of H-pyrrole nitrogens is 1. The molecule has 0 radical (unpaired) electrons. The molecule has 8 heteroatoms. The van der Waals surface area contributed by atoms with E-state index >= 15 is 0 Å². The summed E-state index contributed by atoms with van der Waals surface area (Å²) in [6.07, 6.45) is 7.28. The van der Waals surface area contributed by atoms with Crippen LogP contribution in [0.2, 0.25) is 0 Å². The fourth-order valence-electron chi connectivity index (χ4n) is 4.30. The van der Waals surface area contributed by atoms with Crippen LogP contribution in [0.5, 0.6) is 5.88 Å². The third kappa shape index (κ3) is 3.93. The molecule has 0 bridgehead atoms. The second-order valence-corrected chi connectivity index (χ2v) is 8.34. The zero-order valence-corrected chi connectivity index (χ0v) is 18.9. The van der Waals surface area contributed by atoms with E-state index in [2.05, 4.69) is 43.8 Å². The van der Waals surface area contributed by atoms with E-state index in [1.807, 2.05) is 25.1 Å². The molecule has 1 fully saturated rings. The van der Waals surface area contributed by atoms with Crippen molar-refractivity contribution < 1.29 is 4.74 Å². The number of methoxy groups -OCH3 is 1. The van der Waals surface area contributed by atoms with Gasteiger partial charge in [0.25, 0.3) is 0 Å². The summed E-state index contributed by atoms with van der Waals surface area (Å²) in [6.45, 7) is 7.62. The van der Waals surface area contributed by atoms with Gasteiger partial charge in [-0.25, -0.2) is 9.97 Å². The molecule has 3 aromatic heterocycles. The molecular formula is C25H27N7O. The van der Waals surface area contributed by atoms with Crippen molar-refractivity contribution in [3.05, 3.63) is 54.5 Å². The number of hydrogen-bond donors (Lipinski definition) is 2. The maximum absolute atomic E-state index is 6.06. The molecule has 1 aliphatic heterocycles. The van der Waals surface area contributed by atoms with Crippen LogP contribution < -0.4 is 15.4 Å². The largest absolute Gasteiger partial charge is 0.481 e. The van der Waals surface area contributed by atoms with Crippen molar-refractivity contribution in [2.24, 2.45) is 5.73 Å². The minimum Gasteiger partial charge on any atom is -0.481 e. The summed E-state index contributed by atoms with van der Waals surface area (Å²) < 4.78 is 5.57. The van der Waals surface area contributed by atoms with Crippen LogP contribution in [0.15, 0.2) is 43.2 Å². The van der Waals surface area contributed by atoms with Gasteiger partial charge in [-0.15, -0.1) is 0 Å². The second kappa shape index (κ2) is 8.63. The Balaban J connectivity index is 1.57. The monoisotopic (exact) mass is 441 g/mol. The molecule has 33 heavy (non-hydrogen) atoms. The third-order valence-corrected chi connectivity index (χ3v) is 6.23. The topological polar surface area (TPSA) is 106 Å². The fraction of sp³-hybridized carbons (Fsp3) is 0.280. The van der Waals surface area contributed by atoms with Crippen molar-refractivity contribution in [3.8, 4) is 28.4 Å². The lowest BCUT2D eigenvalue weighted by Crippen LogP contribution is -2.40. The average molecular weight is 442 g/mol. The van der Waals surface area contributed by atoms with E-state index < -0.39 is 0 Å². The predicted molar refractivity (Wildman–Crippen MR) is 131 cm³/mol. The van der Waals surface area contributed by atoms with Crippen molar-refractivity contribution in [1.29, 1.82) is 0 Å². The van der Waals surface area contributed by atoms with E-state index in [1.165, 1.54) is 0 Å². The first kappa shape index (κ1) is 21.1. The Morgan fingerprint density at radius 2 is 2.00 bits per heavy atom. The molecule has 5 rings (SSSR count). The van der Waals surface area contributed by atoms with Crippen LogP contribution in [0, 0.1) is 6.92 Å². The highest BCUT2D eigenvalue weighted by Crippen LogP contribution is 2.35. The van der Waals surface area contributed by atoms with Crippen LogP contribution in [0.4, 0.5) is 5.82 Å². The number of nitrogens with one attached hydrogen (secondary N) is 1. The Morgan fingerprint density at radius 1 is 1.18 bits per heavy atom. The van der Waals surface area contributed by atoms with Gasteiger partial charge in [0.1, 0.15) is 17.2 Å². The predicted octanol–water partition coefficient (Wildman–Crippen LogP) is 3.97. The summed E-state index contributed by atoms with van der Waals surface area (Å²) in [7, 11) is 1.63. The first-order valence-corrected chi connectivity index (χ1v) is 11.1. The zero-order chi connectivity index (χ0) is 22.9. The maximum Gasteiger partial charge on any atom is 0.221 e. The van der Waals surface area contributed by atoms with Gasteiger partial charge in [-0.3, -0.25) is 10.1 Å². The molecule has 168 valence electrons. The van der Waals surface area contributed by atoms with Gasteiger partial charge in [0.15, 0.2) is 0 Å². The number of ether oxygens (including phenoxy) is 1. The number of aryl methyl sites for hydroxylation is 1. The van der Waals surface area contributed by atoms with E-state index in [4.69, 9.17) is 15.5 Å². The van der Waals surface area contributed by atoms with Gasteiger partial charge in [-0.1, -0.05) is 18.7 Å². The van der Waals surface area contributed by atoms with Crippen LogP contribution in [0.1, 0.15) is 24.1 Å². The molecule has 4 heterocycles. The Morgan fingerprint density at radius 3 is 2.76 bits per heavy atom. The first-order chi connectivity index (χ1) is 16.1. The van der Waals surface area contributed by atoms with Gasteiger partial charge in [0.05, 0.1) is 25.0 Å². The number of aromatic nitrogens is 5. The second-order valence-electron chi connectivity index (χ2n) is 8.34. The number of benzene rings is 1. The molecule has 0 amide bonds. The normalized spacial score (nSPS) is 14.6. The summed E-state index contributed by atoms with van der Waals surface area (Å²) in [4.78, 5) is 16.2. The molecule has 8 nitrogen and oxygen atoms in total. The van der Waals surface area contributed by atoms with Crippen LogP contribution in [0.25, 0.3) is 39.5 Å². The molecule has 0 unspecified atom stereocenters. The Hall–Kier alpha value is -3.78. The van der Waals surface area contributed by atoms with E-state index in [0.717, 1.165) is 76.4 Å². The third-order valence-electron chi connectivity index (χ3n) is 6.23.